The van der Waals surface area contributed by atoms with Crippen molar-refractivity contribution in [1.82, 2.24) is 20.4 Å². The number of hydrogen-bond acceptors (Lipinski definition) is 6. The lowest BCUT2D eigenvalue weighted by Crippen LogP contribution is -2.52. The molecule has 2 N–H and O–H groups in total. The fourth-order valence-electron chi connectivity index (χ4n) is 3.02. The number of phenolic OH excluding ortho intramolecular Hbond substituents is 1. The van der Waals surface area contributed by atoms with E-state index in [0.29, 0.717) is 30.4 Å². The zero-order valence-corrected chi connectivity index (χ0v) is 18.1. The quantitative estimate of drug-likeness (QED) is 0.380. The number of nitrogens with one attached hydrogen (secondary N) is 1. The van der Waals surface area contributed by atoms with Gasteiger partial charge in [0, 0.05) is 39.1 Å². The fraction of sp³-hybridized carbons (Fsp3) is 0.500. The Kier molecular flexibility index (Phi) is 8.14. The first-order valence-corrected chi connectivity index (χ1v) is 9.02. The number of phenols is 1. The summed E-state index contributed by atoms with van der Waals surface area (Å²) in [5, 5.41) is 17.2. The van der Waals surface area contributed by atoms with Gasteiger partial charge >= 0.3 is 0 Å². The van der Waals surface area contributed by atoms with E-state index in [9.17, 15) is 5.11 Å². The van der Waals surface area contributed by atoms with Gasteiger partial charge < -0.3 is 24.7 Å². The molecule has 0 bridgehead atoms. The molecule has 0 unspecified atom stereocenters. The van der Waals surface area contributed by atoms with Crippen LogP contribution in [0.3, 0.4) is 0 Å². The van der Waals surface area contributed by atoms with E-state index in [1.165, 1.54) is 0 Å². The summed E-state index contributed by atoms with van der Waals surface area (Å²) in [6, 6.07) is 7.48. The van der Waals surface area contributed by atoms with Gasteiger partial charge in [-0.25, -0.2) is 0 Å². The van der Waals surface area contributed by atoms with Crippen molar-refractivity contribution in [2.75, 3.05) is 44.2 Å². The van der Waals surface area contributed by atoms with Crippen molar-refractivity contribution in [3.63, 3.8) is 0 Å². The SMILES string of the molecule is CCNC(=NCCc1nc(C)no1)N1CCN(c2ccccc2O)CC1.I. The van der Waals surface area contributed by atoms with Crippen molar-refractivity contribution in [2.24, 2.45) is 4.99 Å². The highest BCUT2D eigenvalue weighted by molar-refractivity contribution is 14.0. The van der Waals surface area contributed by atoms with Crippen LogP contribution in [0, 0.1) is 6.92 Å². The van der Waals surface area contributed by atoms with Crippen molar-refractivity contribution >= 4 is 35.6 Å². The van der Waals surface area contributed by atoms with Crippen LogP contribution in [0.1, 0.15) is 18.6 Å². The number of aliphatic imine (C=N–C) groups is 1. The van der Waals surface area contributed by atoms with Gasteiger partial charge in [-0.05, 0) is 26.0 Å². The molecule has 1 aliphatic rings. The zero-order valence-electron chi connectivity index (χ0n) is 15.8. The number of aryl methyl sites for hydroxylation is 1. The lowest BCUT2D eigenvalue weighted by atomic mass is 10.2. The number of hydrogen-bond donors (Lipinski definition) is 2. The zero-order chi connectivity index (χ0) is 18.4. The predicted molar refractivity (Wildman–Crippen MR) is 116 cm³/mol. The summed E-state index contributed by atoms with van der Waals surface area (Å²) >= 11 is 0. The lowest BCUT2D eigenvalue weighted by molar-refractivity contribution is 0.366. The first-order chi connectivity index (χ1) is 12.7. The third kappa shape index (κ3) is 5.72. The molecule has 27 heavy (non-hydrogen) atoms. The Hall–Kier alpha value is -2.04. The first-order valence-electron chi connectivity index (χ1n) is 9.02. The van der Waals surface area contributed by atoms with Crippen molar-refractivity contribution in [3.8, 4) is 5.75 Å². The number of halogens is 1. The molecule has 0 amide bonds. The minimum Gasteiger partial charge on any atom is -0.506 e. The van der Waals surface area contributed by atoms with Gasteiger partial charge in [-0.15, -0.1) is 24.0 Å². The molecular formula is C18H27IN6O2. The average Bonchev–Trinajstić information content (AvgIpc) is 3.07. The van der Waals surface area contributed by atoms with Crippen LogP contribution in [-0.4, -0.2) is 65.4 Å². The molecule has 0 spiro atoms. The Bertz CT molecular complexity index is 743. The molecule has 3 rings (SSSR count). The minimum absolute atomic E-state index is 0. The van der Waals surface area contributed by atoms with Crippen molar-refractivity contribution in [3.05, 3.63) is 36.0 Å². The molecule has 0 atom stereocenters. The van der Waals surface area contributed by atoms with Crippen LogP contribution >= 0.6 is 24.0 Å². The summed E-state index contributed by atoms with van der Waals surface area (Å²) < 4.78 is 5.13. The molecule has 148 valence electrons. The second-order valence-electron chi connectivity index (χ2n) is 6.18. The third-order valence-electron chi connectivity index (χ3n) is 4.29. The molecular weight excluding hydrogens is 459 g/mol. The molecule has 1 aliphatic heterocycles. The van der Waals surface area contributed by atoms with E-state index >= 15 is 0 Å². The van der Waals surface area contributed by atoms with Gasteiger partial charge in [0.05, 0.1) is 12.2 Å². The maximum atomic E-state index is 10.0. The minimum atomic E-state index is 0. The van der Waals surface area contributed by atoms with E-state index in [2.05, 4.69) is 32.2 Å². The van der Waals surface area contributed by atoms with Crippen LogP contribution in [0.25, 0.3) is 0 Å². The van der Waals surface area contributed by atoms with Crippen LogP contribution in [0.5, 0.6) is 5.75 Å². The molecule has 0 aliphatic carbocycles. The number of guanidine groups is 1. The van der Waals surface area contributed by atoms with Gasteiger partial charge in [0.1, 0.15) is 5.75 Å². The molecule has 1 aromatic carbocycles. The molecule has 2 heterocycles. The summed E-state index contributed by atoms with van der Waals surface area (Å²) in [5.74, 6) is 2.50. The van der Waals surface area contributed by atoms with E-state index in [-0.39, 0.29) is 24.0 Å². The van der Waals surface area contributed by atoms with Gasteiger partial charge in [0.2, 0.25) is 5.89 Å². The summed E-state index contributed by atoms with van der Waals surface area (Å²) in [6.45, 7) is 8.66. The number of benzene rings is 1. The standard InChI is InChI=1S/C18H26N6O2.HI/c1-3-19-18(20-9-8-17-21-14(2)22-26-17)24-12-10-23(11-13-24)15-6-4-5-7-16(15)25;/h4-7,25H,3,8-13H2,1-2H3,(H,19,20);1H. The van der Waals surface area contributed by atoms with Crippen LogP contribution in [0.2, 0.25) is 0 Å². The van der Waals surface area contributed by atoms with Crippen molar-refractivity contribution < 1.29 is 9.63 Å². The third-order valence-corrected chi connectivity index (χ3v) is 4.29. The second kappa shape index (κ2) is 10.3. The largest absolute Gasteiger partial charge is 0.506 e. The van der Waals surface area contributed by atoms with Crippen LogP contribution < -0.4 is 10.2 Å². The average molecular weight is 486 g/mol. The Balaban J connectivity index is 0.00000261. The van der Waals surface area contributed by atoms with E-state index in [0.717, 1.165) is 44.4 Å². The Morgan fingerprint density at radius 1 is 1.26 bits per heavy atom. The fourth-order valence-corrected chi connectivity index (χ4v) is 3.02. The summed E-state index contributed by atoms with van der Waals surface area (Å²) in [5.41, 5.74) is 0.890. The molecule has 9 heteroatoms. The van der Waals surface area contributed by atoms with Crippen LogP contribution in [-0.2, 0) is 6.42 Å². The number of piperazine rings is 1. The monoisotopic (exact) mass is 486 g/mol. The Morgan fingerprint density at radius 2 is 2.00 bits per heavy atom. The van der Waals surface area contributed by atoms with Crippen LogP contribution in [0.4, 0.5) is 5.69 Å². The molecule has 1 saturated heterocycles. The molecule has 0 saturated carbocycles. The number of nitrogens with zero attached hydrogens (tertiary/aromatic N) is 5. The van der Waals surface area contributed by atoms with Gasteiger partial charge in [-0.1, -0.05) is 17.3 Å². The predicted octanol–water partition coefficient (Wildman–Crippen LogP) is 2.03. The maximum Gasteiger partial charge on any atom is 0.228 e. The van der Waals surface area contributed by atoms with Gasteiger partial charge in [-0.2, -0.15) is 4.98 Å². The lowest BCUT2D eigenvalue weighted by Gasteiger charge is -2.37. The van der Waals surface area contributed by atoms with E-state index in [4.69, 9.17) is 9.52 Å². The highest BCUT2D eigenvalue weighted by Gasteiger charge is 2.21. The maximum absolute atomic E-state index is 10.0. The van der Waals surface area contributed by atoms with Crippen molar-refractivity contribution in [1.29, 1.82) is 0 Å². The summed E-state index contributed by atoms with van der Waals surface area (Å²) in [7, 11) is 0. The number of rotatable bonds is 5. The van der Waals surface area contributed by atoms with E-state index < -0.39 is 0 Å². The Labute approximate surface area is 176 Å². The number of para-hydroxylation sites is 2. The number of anilines is 1. The smallest absolute Gasteiger partial charge is 0.228 e. The highest BCUT2D eigenvalue weighted by atomic mass is 127. The van der Waals surface area contributed by atoms with Crippen molar-refractivity contribution in [2.45, 2.75) is 20.3 Å². The van der Waals surface area contributed by atoms with E-state index in [1.807, 2.05) is 25.1 Å². The topological polar surface area (TPSA) is 90.0 Å². The van der Waals surface area contributed by atoms with Gasteiger partial charge in [0.15, 0.2) is 11.8 Å². The normalized spacial score (nSPS) is 14.8. The second-order valence-corrected chi connectivity index (χ2v) is 6.18. The van der Waals surface area contributed by atoms with Crippen LogP contribution in [0.15, 0.2) is 33.8 Å². The van der Waals surface area contributed by atoms with Gasteiger partial charge in [0.25, 0.3) is 0 Å². The molecule has 2 aromatic rings. The molecule has 1 aromatic heterocycles. The molecule has 8 nitrogen and oxygen atoms in total. The summed E-state index contributed by atoms with van der Waals surface area (Å²) in [6.07, 6.45) is 0.633. The molecule has 1 fully saturated rings. The number of aromatic hydroxyl groups is 1. The molecule has 0 radical (unpaired) electrons. The summed E-state index contributed by atoms with van der Waals surface area (Å²) in [4.78, 5) is 13.4. The Morgan fingerprint density at radius 3 is 2.63 bits per heavy atom. The highest BCUT2D eigenvalue weighted by Crippen LogP contribution is 2.27. The number of aromatic nitrogens is 2. The first kappa shape index (κ1) is 21.3. The van der Waals surface area contributed by atoms with Gasteiger partial charge in [-0.3, -0.25) is 4.99 Å². The van der Waals surface area contributed by atoms with E-state index in [1.54, 1.807) is 6.07 Å².